The number of benzene rings is 1. The Balaban J connectivity index is 0.00000288. The smallest absolute Gasteiger partial charge is 0.255 e. The van der Waals surface area contributed by atoms with E-state index in [9.17, 15) is 9.59 Å². The van der Waals surface area contributed by atoms with Gasteiger partial charge in [-0.1, -0.05) is 12.1 Å². The van der Waals surface area contributed by atoms with Crippen molar-refractivity contribution >= 4 is 29.9 Å². The summed E-state index contributed by atoms with van der Waals surface area (Å²) >= 11 is 0. The number of nitrogens with zero attached hydrogens (tertiary/aromatic N) is 1. The first-order valence-corrected chi connectivity index (χ1v) is 8.15. The van der Waals surface area contributed by atoms with Gasteiger partial charge in [0.1, 0.15) is 6.10 Å². The third kappa shape index (κ3) is 4.69. The van der Waals surface area contributed by atoms with Crippen molar-refractivity contribution in [2.45, 2.75) is 38.9 Å². The van der Waals surface area contributed by atoms with Crippen molar-refractivity contribution in [2.75, 3.05) is 25.0 Å². The Hall–Kier alpha value is -1.63. The normalized spacial score (nSPS) is 19.5. The van der Waals surface area contributed by atoms with Crippen LogP contribution in [0.25, 0.3) is 0 Å². The molecule has 0 radical (unpaired) electrons. The van der Waals surface area contributed by atoms with Gasteiger partial charge >= 0.3 is 0 Å². The third-order valence-corrected chi connectivity index (χ3v) is 4.13. The predicted molar refractivity (Wildman–Crippen MR) is 96.5 cm³/mol. The molecule has 6 nitrogen and oxygen atoms in total. The van der Waals surface area contributed by atoms with Crippen LogP contribution in [0.3, 0.4) is 0 Å². The van der Waals surface area contributed by atoms with E-state index in [1.54, 1.807) is 29.2 Å². The minimum atomic E-state index is -0.500. The van der Waals surface area contributed by atoms with Crippen molar-refractivity contribution in [1.29, 1.82) is 0 Å². The molecule has 3 N–H and O–H groups in total. The summed E-state index contributed by atoms with van der Waals surface area (Å²) in [5.41, 5.74) is 6.59. The quantitative estimate of drug-likeness (QED) is 0.817. The molecule has 2 amide bonds. The number of carbonyl (C=O) groups excluding carboxylic acids is 2. The SMILES string of the molecule is CCN(CC)C(=O)c1ccccc1NC(=O)[C@@H]1CC[C@H](CN)O1.Cl. The highest BCUT2D eigenvalue weighted by molar-refractivity contribution is 6.04. The number of nitrogens with one attached hydrogen (secondary N) is 1. The molecular weight excluding hydrogens is 330 g/mol. The first-order valence-electron chi connectivity index (χ1n) is 8.15. The van der Waals surface area contributed by atoms with E-state index >= 15 is 0 Å². The van der Waals surface area contributed by atoms with Crippen LogP contribution in [-0.2, 0) is 9.53 Å². The fourth-order valence-corrected chi connectivity index (χ4v) is 2.74. The Morgan fingerprint density at radius 3 is 2.50 bits per heavy atom. The van der Waals surface area contributed by atoms with Crippen LogP contribution in [-0.4, -0.2) is 48.6 Å². The summed E-state index contributed by atoms with van der Waals surface area (Å²) in [6.45, 7) is 5.54. The highest BCUT2D eigenvalue weighted by atomic mass is 35.5. The van der Waals surface area contributed by atoms with Crippen LogP contribution >= 0.6 is 12.4 Å². The minimum absolute atomic E-state index is 0. The van der Waals surface area contributed by atoms with Crippen molar-refractivity contribution in [3.05, 3.63) is 29.8 Å². The van der Waals surface area contributed by atoms with Crippen LogP contribution in [0.4, 0.5) is 5.69 Å². The van der Waals surface area contributed by atoms with E-state index in [0.29, 0.717) is 37.3 Å². The lowest BCUT2D eigenvalue weighted by Gasteiger charge is -2.21. The molecule has 0 unspecified atom stereocenters. The monoisotopic (exact) mass is 355 g/mol. The number of nitrogens with two attached hydrogens (primary N) is 1. The number of halogens is 1. The number of amides is 2. The van der Waals surface area contributed by atoms with Gasteiger partial charge in [0, 0.05) is 19.6 Å². The summed E-state index contributed by atoms with van der Waals surface area (Å²) in [6, 6.07) is 7.06. The molecule has 0 spiro atoms. The third-order valence-electron chi connectivity index (χ3n) is 4.13. The zero-order valence-electron chi connectivity index (χ0n) is 14.2. The maximum atomic E-state index is 12.6. The van der Waals surface area contributed by atoms with Gasteiger partial charge in [0.05, 0.1) is 17.4 Å². The fourth-order valence-electron chi connectivity index (χ4n) is 2.74. The van der Waals surface area contributed by atoms with Crippen LogP contribution in [0, 0.1) is 0 Å². The standard InChI is InChI=1S/C17H25N3O3.ClH/c1-3-20(4-2)17(22)13-7-5-6-8-14(13)19-16(21)15-10-9-12(11-18)23-15;/h5-8,12,15H,3-4,9-11,18H2,1-2H3,(H,19,21);1H/t12-,15+;/m1./s1. The Morgan fingerprint density at radius 2 is 1.92 bits per heavy atom. The molecule has 134 valence electrons. The molecule has 0 aliphatic carbocycles. The van der Waals surface area contributed by atoms with Gasteiger partial charge in [-0.3, -0.25) is 9.59 Å². The molecule has 2 rings (SSSR count). The number of hydrogen-bond acceptors (Lipinski definition) is 4. The number of ether oxygens (including phenoxy) is 1. The Kier molecular flexibility index (Phi) is 8.18. The molecule has 1 aliphatic heterocycles. The van der Waals surface area contributed by atoms with Gasteiger partial charge in [-0.25, -0.2) is 0 Å². The Labute approximate surface area is 149 Å². The summed E-state index contributed by atoms with van der Waals surface area (Å²) in [5, 5.41) is 2.83. The van der Waals surface area contributed by atoms with Gasteiger partial charge in [0.15, 0.2) is 0 Å². The summed E-state index contributed by atoms with van der Waals surface area (Å²) in [6.07, 6.45) is 0.882. The molecule has 0 saturated carbocycles. The number of para-hydroxylation sites is 1. The van der Waals surface area contributed by atoms with Gasteiger partial charge in [-0.2, -0.15) is 0 Å². The summed E-state index contributed by atoms with van der Waals surface area (Å²) in [7, 11) is 0. The van der Waals surface area contributed by atoms with Crippen LogP contribution in [0.5, 0.6) is 0 Å². The van der Waals surface area contributed by atoms with Crippen molar-refractivity contribution in [3.8, 4) is 0 Å². The topological polar surface area (TPSA) is 84.7 Å². The average Bonchev–Trinajstić information content (AvgIpc) is 3.05. The second kappa shape index (κ2) is 9.61. The van der Waals surface area contributed by atoms with E-state index in [1.165, 1.54) is 0 Å². The van der Waals surface area contributed by atoms with E-state index < -0.39 is 6.10 Å². The molecule has 1 aliphatic rings. The zero-order valence-corrected chi connectivity index (χ0v) is 15.0. The highest BCUT2D eigenvalue weighted by Crippen LogP contribution is 2.22. The van der Waals surface area contributed by atoms with E-state index in [2.05, 4.69) is 5.32 Å². The second-order valence-corrected chi connectivity index (χ2v) is 5.57. The number of anilines is 1. The number of rotatable bonds is 6. The molecule has 1 heterocycles. The minimum Gasteiger partial charge on any atom is -0.364 e. The van der Waals surface area contributed by atoms with Crippen molar-refractivity contribution in [2.24, 2.45) is 5.73 Å². The van der Waals surface area contributed by atoms with Crippen LogP contribution in [0.2, 0.25) is 0 Å². The molecular formula is C17H26ClN3O3. The van der Waals surface area contributed by atoms with Crippen molar-refractivity contribution < 1.29 is 14.3 Å². The number of carbonyl (C=O) groups is 2. The van der Waals surface area contributed by atoms with E-state index in [4.69, 9.17) is 10.5 Å². The van der Waals surface area contributed by atoms with Crippen molar-refractivity contribution in [1.82, 2.24) is 4.90 Å². The van der Waals surface area contributed by atoms with E-state index in [1.807, 2.05) is 13.8 Å². The van der Waals surface area contributed by atoms with E-state index in [0.717, 1.165) is 6.42 Å². The molecule has 0 bridgehead atoms. The molecule has 2 atom stereocenters. The first kappa shape index (κ1) is 20.4. The predicted octanol–water partition coefficient (Wildman–Crippen LogP) is 2.04. The van der Waals surface area contributed by atoms with Crippen LogP contribution in [0.1, 0.15) is 37.0 Å². The molecule has 1 aromatic carbocycles. The lowest BCUT2D eigenvalue weighted by molar-refractivity contribution is -0.126. The average molecular weight is 356 g/mol. The molecule has 1 saturated heterocycles. The molecule has 1 fully saturated rings. The maximum absolute atomic E-state index is 12.6. The number of hydrogen-bond donors (Lipinski definition) is 2. The second-order valence-electron chi connectivity index (χ2n) is 5.57. The van der Waals surface area contributed by atoms with Crippen molar-refractivity contribution in [3.63, 3.8) is 0 Å². The maximum Gasteiger partial charge on any atom is 0.255 e. The Bertz CT molecular complexity index is 564. The highest BCUT2D eigenvalue weighted by Gasteiger charge is 2.30. The largest absolute Gasteiger partial charge is 0.364 e. The van der Waals surface area contributed by atoms with Gasteiger partial charge in [-0.05, 0) is 38.8 Å². The van der Waals surface area contributed by atoms with Gasteiger partial charge in [0.2, 0.25) is 0 Å². The summed E-state index contributed by atoms with van der Waals surface area (Å²) in [5.74, 6) is -0.307. The molecule has 7 heteroatoms. The lowest BCUT2D eigenvalue weighted by Crippen LogP contribution is -2.33. The molecule has 1 aromatic rings. The fraction of sp³-hybridized carbons (Fsp3) is 0.529. The Morgan fingerprint density at radius 1 is 1.25 bits per heavy atom. The summed E-state index contributed by atoms with van der Waals surface area (Å²) in [4.78, 5) is 26.6. The molecule has 0 aromatic heterocycles. The van der Waals surface area contributed by atoms with Gasteiger partial charge in [0.25, 0.3) is 11.8 Å². The summed E-state index contributed by atoms with van der Waals surface area (Å²) < 4.78 is 5.60. The molecule has 24 heavy (non-hydrogen) atoms. The van der Waals surface area contributed by atoms with Crippen LogP contribution in [0.15, 0.2) is 24.3 Å². The first-order chi connectivity index (χ1) is 11.1. The lowest BCUT2D eigenvalue weighted by atomic mass is 10.1. The van der Waals surface area contributed by atoms with Crippen LogP contribution < -0.4 is 11.1 Å². The van der Waals surface area contributed by atoms with Gasteiger partial charge < -0.3 is 20.7 Å². The van der Waals surface area contributed by atoms with E-state index in [-0.39, 0.29) is 30.3 Å². The zero-order chi connectivity index (χ0) is 16.8. The van der Waals surface area contributed by atoms with Gasteiger partial charge in [-0.15, -0.1) is 12.4 Å².